The standard InChI is InChI=1S/C13H19N3S/c1-2-12(14)9-13-15-5-7-16(13)6-3-11-4-8-17-10-11/h4-5,7-8,10,12H,2-3,6,9,14H2,1H3. The summed E-state index contributed by atoms with van der Waals surface area (Å²) in [7, 11) is 0. The van der Waals surface area contributed by atoms with Gasteiger partial charge in [0.2, 0.25) is 0 Å². The molecule has 0 aliphatic heterocycles. The molecule has 3 nitrogen and oxygen atoms in total. The minimum Gasteiger partial charge on any atom is -0.335 e. The molecule has 0 radical (unpaired) electrons. The number of aromatic nitrogens is 2. The summed E-state index contributed by atoms with van der Waals surface area (Å²) in [6.07, 6.45) is 6.84. The molecule has 2 aromatic rings. The topological polar surface area (TPSA) is 43.8 Å². The van der Waals surface area contributed by atoms with E-state index in [1.807, 2.05) is 12.4 Å². The molecular formula is C13H19N3S. The van der Waals surface area contributed by atoms with E-state index in [9.17, 15) is 0 Å². The largest absolute Gasteiger partial charge is 0.335 e. The first-order chi connectivity index (χ1) is 8.29. The van der Waals surface area contributed by atoms with Crippen molar-refractivity contribution in [1.29, 1.82) is 0 Å². The minimum absolute atomic E-state index is 0.220. The van der Waals surface area contributed by atoms with Gasteiger partial charge < -0.3 is 10.3 Å². The molecule has 0 aliphatic rings. The molecule has 2 heterocycles. The summed E-state index contributed by atoms with van der Waals surface area (Å²) in [5, 5.41) is 4.32. The lowest BCUT2D eigenvalue weighted by molar-refractivity contribution is 0.579. The van der Waals surface area contributed by atoms with Crippen molar-refractivity contribution < 1.29 is 0 Å². The highest BCUT2D eigenvalue weighted by molar-refractivity contribution is 7.07. The predicted molar refractivity (Wildman–Crippen MR) is 72.2 cm³/mol. The van der Waals surface area contributed by atoms with Gasteiger partial charge in [-0.3, -0.25) is 0 Å². The summed E-state index contributed by atoms with van der Waals surface area (Å²) in [6.45, 7) is 3.10. The van der Waals surface area contributed by atoms with Crippen LogP contribution in [0.25, 0.3) is 0 Å². The van der Waals surface area contributed by atoms with Crippen LogP contribution in [0.2, 0.25) is 0 Å². The summed E-state index contributed by atoms with van der Waals surface area (Å²) < 4.78 is 2.22. The third-order valence-electron chi connectivity index (χ3n) is 2.99. The minimum atomic E-state index is 0.220. The van der Waals surface area contributed by atoms with E-state index in [0.717, 1.165) is 31.6 Å². The Balaban J connectivity index is 1.94. The predicted octanol–water partition coefficient (Wildman–Crippen LogP) is 2.47. The number of thiophene rings is 1. The molecular weight excluding hydrogens is 230 g/mol. The first kappa shape index (κ1) is 12.3. The lowest BCUT2D eigenvalue weighted by atomic mass is 10.1. The molecule has 2 N–H and O–H groups in total. The van der Waals surface area contributed by atoms with Gasteiger partial charge in [-0.05, 0) is 35.2 Å². The fraction of sp³-hybridized carbons (Fsp3) is 0.462. The molecule has 2 rings (SSSR count). The van der Waals surface area contributed by atoms with Gasteiger partial charge in [-0.2, -0.15) is 11.3 Å². The number of nitrogens with two attached hydrogens (primary N) is 1. The van der Waals surface area contributed by atoms with E-state index < -0.39 is 0 Å². The molecule has 0 bridgehead atoms. The molecule has 1 unspecified atom stereocenters. The maximum absolute atomic E-state index is 5.97. The van der Waals surface area contributed by atoms with Crippen molar-refractivity contribution in [2.45, 2.75) is 38.8 Å². The van der Waals surface area contributed by atoms with Gasteiger partial charge in [-0.15, -0.1) is 0 Å². The maximum Gasteiger partial charge on any atom is 0.110 e. The van der Waals surface area contributed by atoms with Crippen LogP contribution in [0, 0.1) is 0 Å². The SMILES string of the molecule is CCC(N)Cc1nccn1CCc1ccsc1. The Morgan fingerprint density at radius 2 is 2.41 bits per heavy atom. The van der Waals surface area contributed by atoms with Crippen LogP contribution < -0.4 is 5.73 Å². The molecule has 0 saturated carbocycles. The van der Waals surface area contributed by atoms with Crippen LogP contribution in [-0.4, -0.2) is 15.6 Å². The molecule has 92 valence electrons. The molecule has 0 fully saturated rings. The van der Waals surface area contributed by atoms with Crippen molar-refractivity contribution >= 4 is 11.3 Å². The van der Waals surface area contributed by atoms with Gasteiger partial charge >= 0.3 is 0 Å². The van der Waals surface area contributed by atoms with E-state index in [-0.39, 0.29) is 6.04 Å². The van der Waals surface area contributed by atoms with E-state index in [2.05, 4.69) is 33.3 Å². The second kappa shape index (κ2) is 5.98. The quantitative estimate of drug-likeness (QED) is 0.854. The Kier molecular flexibility index (Phi) is 4.34. The van der Waals surface area contributed by atoms with Crippen LogP contribution in [0.3, 0.4) is 0 Å². The maximum atomic E-state index is 5.97. The second-order valence-electron chi connectivity index (χ2n) is 4.29. The zero-order chi connectivity index (χ0) is 12.1. The molecule has 0 aromatic carbocycles. The van der Waals surface area contributed by atoms with Gasteiger partial charge in [0.05, 0.1) is 0 Å². The first-order valence-electron chi connectivity index (χ1n) is 6.06. The molecule has 1 atom stereocenters. The number of rotatable bonds is 6. The highest BCUT2D eigenvalue weighted by Crippen LogP contribution is 2.09. The zero-order valence-electron chi connectivity index (χ0n) is 10.2. The zero-order valence-corrected chi connectivity index (χ0v) is 11.0. The third kappa shape index (κ3) is 3.41. The molecule has 0 saturated heterocycles. The monoisotopic (exact) mass is 249 g/mol. The summed E-state index contributed by atoms with van der Waals surface area (Å²) >= 11 is 1.75. The fourth-order valence-corrected chi connectivity index (χ4v) is 2.50. The molecule has 0 aliphatic carbocycles. The number of nitrogens with zero attached hydrogens (tertiary/aromatic N) is 2. The van der Waals surface area contributed by atoms with Crippen molar-refractivity contribution in [3.63, 3.8) is 0 Å². The van der Waals surface area contributed by atoms with E-state index in [1.54, 1.807) is 11.3 Å². The van der Waals surface area contributed by atoms with Crippen molar-refractivity contribution in [3.8, 4) is 0 Å². The number of hydrogen-bond acceptors (Lipinski definition) is 3. The van der Waals surface area contributed by atoms with E-state index >= 15 is 0 Å². The van der Waals surface area contributed by atoms with Crippen LogP contribution in [0.4, 0.5) is 0 Å². The van der Waals surface area contributed by atoms with Crippen molar-refractivity contribution in [2.24, 2.45) is 5.73 Å². The van der Waals surface area contributed by atoms with Gasteiger partial charge in [0, 0.05) is 31.4 Å². The Bertz CT molecular complexity index is 433. The third-order valence-corrected chi connectivity index (χ3v) is 3.72. The summed E-state index contributed by atoms with van der Waals surface area (Å²) in [5.74, 6) is 1.11. The van der Waals surface area contributed by atoms with Crippen LogP contribution in [0.1, 0.15) is 24.7 Å². The van der Waals surface area contributed by atoms with Gasteiger partial charge in [0.25, 0.3) is 0 Å². The second-order valence-corrected chi connectivity index (χ2v) is 5.07. The van der Waals surface area contributed by atoms with Crippen LogP contribution in [0.5, 0.6) is 0 Å². The van der Waals surface area contributed by atoms with Crippen molar-refractivity contribution in [1.82, 2.24) is 9.55 Å². The summed E-state index contributed by atoms with van der Waals surface area (Å²) in [5.41, 5.74) is 7.37. The lowest BCUT2D eigenvalue weighted by Crippen LogP contribution is -2.23. The van der Waals surface area contributed by atoms with Crippen LogP contribution in [0.15, 0.2) is 29.2 Å². The fourth-order valence-electron chi connectivity index (χ4n) is 1.80. The molecule has 4 heteroatoms. The highest BCUT2D eigenvalue weighted by atomic mass is 32.1. The number of imidazole rings is 1. The molecule has 17 heavy (non-hydrogen) atoms. The van der Waals surface area contributed by atoms with Crippen molar-refractivity contribution in [3.05, 3.63) is 40.6 Å². The Labute approximate surface area is 106 Å². The lowest BCUT2D eigenvalue weighted by Gasteiger charge is -2.11. The van der Waals surface area contributed by atoms with Gasteiger partial charge in [-0.25, -0.2) is 4.98 Å². The summed E-state index contributed by atoms with van der Waals surface area (Å²) in [4.78, 5) is 4.39. The number of hydrogen-bond donors (Lipinski definition) is 1. The molecule has 0 amide bonds. The normalized spacial score (nSPS) is 12.8. The van der Waals surface area contributed by atoms with Crippen molar-refractivity contribution in [2.75, 3.05) is 0 Å². The Morgan fingerprint density at radius 3 is 3.12 bits per heavy atom. The van der Waals surface area contributed by atoms with E-state index in [1.165, 1.54) is 5.56 Å². The van der Waals surface area contributed by atoms with E-state index in [4.69, 9.17) is 5.73 Å². The molecule has 2 aromatic heterocycles. The van der Waals surface area contributed by atoms with Crippen LogP contribution >= 0.6 is 11.3 Å². The smallest absolute Gasteiger partial charge is 0.110 e. The average molecular weight is 249 g/mol. The summed E-state index contributed by atoms with van der Waals surface area (Å²) in [6, 6.07) is 2.40. The van der Waals surface area contributed by atoms with Gasteiger partial charge in [-0.1, -0.05) is 6.92 Å². The Morgan fingerprint density at radius 1 is 1.53 bits per heavy atom. The number of aryl methyl sites for hydroxylation is 2. The first-order valence-corrected chi connectivity index (χ1v) is 7.00. The molecule has 0 spiro atoms. The highest BCUT2D eigenvalue weighted by Gasteiger charge is 2.07. The van der Waals surface area contributed by atoms with Crippen LogP contribution in [-0.2, 0) is 19.4 Å². The Hall–Kier alpha value is -1.13. The van der Waals surface area contributed by atoms with E-state index in [0.29, 0.717) is 0 Å². The van der Waals surface area contributed by atoms with Gasteiger partial charge in [0.15, 0.2) is 0 Å². The van der Waals surface area contributed by atoms with Gasteiger partial charge in [0.1, 0.15) is 5.82 Å². The average Bonchev–Trinajstić information content (AvgIpc) is 2.97.